The number of aromatic nitrogens is 4. The van der Waals surface area contributed by atoms with Gasteiger partial charge in [-0.15, -0.1) is 0 Å². The molecular weight excluding hydrogens is 348 g/mol. The van der Waals surface area contributed by atoms with Crippen LogP contribution >= 0.6 is 0 Å². The number of nitrogens with one attached hydrogen (secondary N) is 1. The first-order chi connectivity index (χ1) is 12.8. The first-order valence-electron chi connectivity index (χ1n) is 8.29. The molecule has 27 heavy (non-hydrogen) atoms. The van der Waals surface area contributed by atoms with Gasteiger partial charge in [0.25, 0.3) is 5.56 Å². The van der Waals surface area contributed by atoms with E-state index in [1.165, 1.54) is 18.0 Å². The van der Waals surface area contributed by atoms with Gasteiger partial charge in [0.05, 0.1) is 18.2 Å². The molecule has 0 spiro atoms. The molecule has 0 aliphatic carbocycles. The van der Waals surface area contributed by atoms with Crippen LogP contribution in [0.4, 0.5) is 0 Å². The minimum Gasteiger partial charge on any atom is -0.481 e. The van der Waals surface area contributed by atoms with E-state index in [2.05, 4.69) is 15.1 Å². The smallest absolute Gasteiger partial charge is 0.340 e. The number of carbonyl (C=O) groups excluding carboxylic acids is 1. The van der Waals surface area contributed by atoms with E-state index in [9.17, 15) is 9.59 Å². The van der Waals surface area contributed by atoms with Crippen LogP contribution in [-0.4, -0.2) is 38.4 Å². The van der Waals surface area contributed by atoms with Gasteiger partial charge in [0, 0.05) is 30.2 Å². The Balaban J connectivity index is 1.86. The summed E-state index contributed by atoms with van der Waals surface area (Å²) in [6.45, 7) is 5.38. The lowest BCUT2D eigenvalue weighted by Gasteiger charge is -2.19. The van der Waals surface area contributed by atoms with Crippen molar-refractivity contribution in [3.05, 3.63) is 58.8 Å². The number of carbonyl (C=O) groups is 1. The summed E-state index contributed by atoms with van der Waals surface area (Å²) in [6.07, 6.45) is 4.52. The molecule has 0 aliphatic rings. The predicted octanol–water partition coefficient (Wildman–Crippen LogP) is 2.59. The van der Waals surface area contributed by atoms with Gasteiger partial charge >= 0.3 is 5.97 Å². The highest BCUT2D eigenvalue weighted by molar-refractivity contribution is 5.89. The molecule has 3 aromatic heterocycles. The molecule has 0 radical (unpaired) electrons. The van der Waals surface area contributed by atoms with Gasteiger partial charge < -0.3 is 9.47 Å². The fourth-order valence-corrected chi connectivity index (χ4v) is 2.38. The predicted molar refractivity (Wildman–Crippen MR) is 99.1 cm³/mol. The third kappa shape index (κ3) is 4.05. The zero-order valence-corrected chi connectivity index (χ0v) is 15.5. The number of esters is 1. The Kier molecular flexibility index (Phi) is 4.81. The molecule has 0 saturated carbocycles. The summed E-state index contributed by atoms with van der Waals surface area (Å²) >= 11 is 0. The number of nitrogens with zero attached hydrogens (tertiary/aromatic N) is 3. The first kappa shape index (κ1) is 18.4. The minimum atomic E-state index is -0.590. The van der Waals surface area contributed by atoms with Crippen LogP contribution in [0.5, 0.6) is 5.88 Å². The van der Waals surface area contributed by atoms with Crippen molar-refractivity contribution in [2.75, 3.05) is 7.11 Å². The fraction of sp³-hybridized carbons (Fsp3) is 0.263. The Morgan fingerprint density at radius 2 is 1.89 bits per heavy atom. The minimum absolute atomic E-state index is 0.278. The molecule has 8 nitrogen and oxygen atoms in total. The quantitative estimate of drug-likeness (QED) is 0.711. The molecule has 0 amide bonds. The molecule has 0 aliphatic heterocycles. The van der Waals surface area contributed by atoms with E-state index in [4.69, 9.17) is 9.47 Å². The topological polar surface area (TPSA) is 99.1 Å². The highest BCUT2D eigenvalue weighted by atomic mass is 16.6. The number of rotatable bonds is 4. The molecule has 3 rings (SSSR count). The van der Waals surface area contributed by atoms with Gasteiger partial charge in [-0.2, -0.15) is 0 Å². The zero-order chi connectivity index (χ0) is 19.6. The summed E-state index contributed by atoms with van der Waals surface area (Å²) in [5, 5.41) is 2.87. The SMILES string of the molecule is COc1ccc(-c2c[nH]n(-c3ccc(C(=O)OC(C)(C)C)cn3)c2=O)cn1. The number of aromatic amines is 1. The lowest BCUT2D eigenvalue weighted by Crippen LogP contribution is -2.24. The average Bonchev–Trinajstić information content (AvgIpc) is 3.02. The van der Waals surface area contributed by atoms with Gasteiger partial charge in [-0.25, -0.2) is 19.4 Å². The Bertz CT molecular complexity index is 996. The van der Waals surface area contributed by atoms with Gasteiger partial charge in [-0.05, 0) is 39.0 Å². The molecule has 0 atom stereocenters. The van der Waals surface area contributed by atoms with Crippen LogP contribution < -0.4 is 10.3 Å². The Labute approximate surface area is 155 Å². The van der Waals surface area contributed by atoms with Crippen LogP contribution in [0.2, 0.25) is 0 Å². The van der Waals surface area contributed by atoms with E-state index in [1.54, 1.807) is 57.4 Å². The normalized spacial score (nSPS) is 11.3. The van der Waals surface area contributed by atoms with Crippen molar-refractivity contribution in [1.29, 1.82) is 0 Å². The number of H-pyrrole nitrogens is 1. The summed E-state index contributed by atoms with van der Waals surface area (Å²) in [5.41, 5.74) is 0.546. The Morgan fingerprint density at radius 3 is 2.44 bits per heavy atom. The molecule has 0 fully saturated rings. The van der Waals surface area contributed by atoms with Gasteiger partial charge in [-0.1, -0.05) is 0 Å². The Morgan fingerprint density at radius 1 is 1.11 bits per heavy atom. The average molecular weight is 368 g/mol. The molecule has 3 aromatic rings. The molecule has 8 heteroatoms. The lowest BCUT2D eigenvalue weighted by molar-refractivity contribution is 0.00691. The number of pyridine rings is 2. The number of methoxy groups -OCH3 is 1. The number of hydrogen-bond acceptors (Lipinski definition) is 6. The number of hydrogen-bond donors (Lipinski definition) is 1. The van der Waals surface area contributed by atoms with Crippen molar-refractivity contribution in [3.8, 4) is 22.8 Å². The van der Waals surface area contributed by atoms with E-state index in [0.717, 1.165) is 0 Å². The van der Waals surface area contributed by atoms with Gasteiger partial charge in [0.2, 0.25) is 5.88 Å². The maximum Gasteiger partial charge on any atom is 0.340 e. The summed E-state index contributed by atoms with van der Waals surface area (Å²) in [4.78, 5) is 33.0. The molecule has 0 saturated heterocycles. The lowest BCUT2D eigenvalue weighted by atomic mass is 10.2. The maximum absolute atomic E-state index is 12.7. The van der Waals surface area contributed by atoms with E-state index in [-0.39, 0.29) is 5.56 Å². The second kappa shape index (κ2) is 7.06. The van der Waals surface area contributed by atoms with Crippen molar-refractivity contribution in [1.82, 2.24) is 19.7 Å². The molecule has 3 heterocycles. The van der Waals surface area contributed by atoms with Crippen molar-refractivity contribution >= 4 is 5.97 Å². The molecule has 140 valence electrons. The highest BCUT2D eigenvalue weighted by Crippen LogP contribution is 2.17. The second-order valence-corrected chi connectivity index (χ2v) is 6.82. The number of ether oxygens (including phenoxy) is 2. The third-order valence-electron chi connectivity index (χ3n) is 3.64. The van der Waals surface area contributed by atoms with Crippen LogP contribution in [0.25, 0.3) is 16.9 Å². The first-order valence-corrected chi connectivity index (χ1v) is 8.29. The van der Waals surface area contributed by atoms with Crippen LogP contribution in [0, 0.1) is 0 Å². The Hall–Kier alpha value is -3.42. The van der Waals surface area contributed by atoms with Crippen LogP contribution in [0.3, 0.4) is 0 Å². The largest absolute Gasteiger partial charge is 0.481 e. The summed E-state index contributed by atoms with van der Waals surface area (Å²) < 4.78 is 11.6. The van der Waals surface area contributed by atoms with Gasteiger partial charge in [0.15, 0.2) is 5.82 Å². The van der Waals surface area contributed by atoms with Crippen molar-refractivity contribution in [3.63, 3.8) is 0 Å². The van der Waals surface area contributed by atoms with Crippen molar-refractivity contribution in [2.24, 2.45) is 0 Å². The summed E-state index contributed by atoms with van der Waals surface area (Å²) in [5.74, 6) is 0.361. The standard InChI is InChI=1S/C19H20N4O4/c1-19(2,3)27-18(25)13-5-7-15(20-10-13)23-17(24)14(11-22-23)12-6-8-16(26-4)21-9-12/h5-11,22H,1-4H3. The van der Waals surface area contributed by atoms with Crippen LogP contribution in [-0.2, 0) is 4.74 Å². The maximum atomic E-state index is 12.7. The summed E-state index contributed by atoms with van der Waals surface area (Å²) in [7, 11) is 1.53. The van der Waals surface area contributed by atoms with E-state index >= 15 is 0 Å². The van der Waals surface area contributed by atoms with Gasteiger partial charge in [0.1, 0.15) is 5.60 Å². The van der Waals surface area contributed by atoms with Gasteiger partial charge in [-0.3, -0.25) is 9.89 Å². The fourth-order valence-electron chi connectivity index (χ4n) is 2.38. The van der Waals surface area contributed by atoms with Crippen molar-refractivity contribution < 1.29 is 14.3 Å². The monoisotopic (exact) mass is 368 g/mol. The summed E-state index contributed by atoms with van der Waals surface area (Å²) in [6, 6.07) is 6.57. The highest BCUT2D eigenvalue weighted by Gasteiger charge is 2.18. The van der Waals surface area contributed by atoms with Crippen LogP contribution in [0.15, 0.2) is 47.7 Å². The molecule has 0 unspecified atom stereocenters. The van der Waals surface area contributed by atoms with Crippen LogP contribution in [0.1, 0.15) is 31.1 Å². The molecule has 0 aromatic carbocycles. The van der Waals surface area contributed by atoms with E-state index in [0.29, 0.717) is 28.4 Å². The molecular formula is C19H20N4O4. The third-order valence-corrected chi connectivity index (χ3v) is 3.64. The zero-order valence-electron chi connectivity index (χ0n) is 15.5. The van der Waals surface area contributed by atoms with Crippen molar-refractivity contribution in [2.45, 2.75) is 26.4 Å². The van der Waals surface area contributed by atoms with E-state index in [1.807, 2.05) is 0 Å². The molecule has 1 N–H and O–H groups in total. The molecule has 0 bridgehead atoms. The second-order valence-electron chi connectivity index (χ2n) is 6.82. The van der Waals surface area contributed by atoms with E-state index < -0.39 is 11.6 Å².